The highest BCUT2D eigenvalue weighted by Gasteiger charge is 2.54. The molecule has 2 aromatic carbocycles. The Bertz CT molecular complexity index is 866. The van der Waals surface area contributed by atoms with Crippen molar-refractivity contribution >= 4 is 5.97 Å². The van der Waals surface area contributed by atoms with Crippen molar-refractivity contribution in [1.29, 1.82) is 0 Å². The first-order valence-corrected chi connectivity index (χ1v) is 10.7. The third kappa shape index (κ3) is 4.18. The van der Waals surface area contributed by atoms with Crippen LogP contribution < -0.4 is 10.1 Å². The minimum absolute atomic E-state index is 0.287. The molecule has 1 aliphatic carbocycles. The molecule has 0 unspecified atom stereocenters. The van der Waals surface area contributed by atoms with E-state index in [1.807, 2.05) is 26.0 Å². The molecule has 4 heteroatoms. The maximum atomic E-state index is 12.4. The van der Waals surface area contributed by atoms with Crippen LogP contribution in [0.5, 0.6) is 5.75 Å². The first-order valence-electron chi connectivity index (χ1n) is 10.7. The maximum Gasteiger partial charge on any atom is 0.338 e. The fourth-order valence-corrected chi connectivity index (χ4v) is 4.58. The normalized spacial score (nSPS) is 19.9. The number of carbonyl (C=O) groups is 1. The molecule has 1 atom stereocenters. The lowest BCUT2D eigenvalue weighted by molar-refractivity contribution is 0.0459. The molecule has 1 saturated carbocycles. The molecule has 0 radical (unpaired) electrons. The smallest absolute Gasteiger partial charge is 0.338 e. The van der Waals surface area contributed by atoms with Crippen LogP contribution in [0.15, 0.2) is 42.5 Å². The molecule has 4 nitrogen and oxygen atoms in total. The molecule has 2 aromatic rings. The van der Waals surface area contributed by atoms with Crippen LogP contribution in [-0.2, 0) is 4.74 Å². The molecule has 0 bridgehead atoms. The number of benzene rings is 2. The van der Waals surface area contributed by atoms with Gasteiger partial charge in [0, 0.05) is 5.56 Å². The van der Waals surface area contributed by atoms with Crippen molar-refractivity contribution in [3.63, 3.8) is 0 Å². The van der Waals surface area contributed by atoms with Crippen molar-refractivity contribution in [2.24, 2.45) is 11.3 Å². The number of piperidine rings is 1. The Labute approximate surface area is 173 Å². The standard InChI is InChI=1S/C25H31NO3/c1-17(2)16-29-24(27)20-8-9-23(28-3)21(14-20)18-4-6-19(7-5-18)22-15-25(22)10-12-26-13-11-25/h4-9,14,17,22,26H,10-13,15-16H2,1-3H3/t22-/m1/s1. The van der Waals surface area contributed by atoms with E-state index >= 15 is 0 Å². The Balaban J connectivity index is 1.54. The molecule has 2 aliphatic rings. The molecule has 1 heterocycles. The van der Waals surface area contributed by atoms with E-state index in [0.717, 1.165) is 30.0 Å². The van der Waals surface area contributed by atoms with E-state index in [4.69, 9.17) is 9.47 Å². The first kappa shape index (κ1) is 20.0. The quantitative estimate of drug-likeness (QED) is 0.699. The summed E-state index contributed by atoms with van der Waals surface area (Å²) in [6, 6.07) is 14.3. The van der Waals surface area contributed by atoms with Gasteiger partial charge >= 0.3 is 5.97 Å². The van der Waals surface area contributed by atoms with Gasteiger partial charge in [-0.15, -0.1) is 0 Å². The van der Waals surface area contributed by atoms with Crippen LogP contribution in [0.4, 0.5) is 0 Å². The largest absolute Gasteiger partial charge is 0.496 e. The number of methoxy groups -OCH3 is 1. The summed E-state index contributed by atoms with van der Waals surface area (Å²) >= 11 is 0. The Morgan fingerprint density at radius 1 is 1.14 bits per heavy atom. The van der Waals surface area contributed by atoms with E-state index in [1.54, 1.807) is 13.2 Å². The Morgan fingerprint density at radius 2 is 1.86 bits per heavy atom. The number of esters is 1. The van der Waals surface area contributed by atoms with Gasteiger partial charge in [-0.2, -0.15) is 0 Å². The zero-order chi connectivity index (χ0) is 20.4. The second-order valence-corrected chi connectivity index (χ2v) is 8.90. The summed E-state index contributed by atoms with van der Waals surface area (Å²) in [7, 11) is 1.66. The third-order valence-corrected chi connectivity index (χ3v) is 6.40. The van der Waals surface area contributed by atoms with Gasteiger partial charge in [0.2, 0.25) is 0 Å². The van der Waals surface area contributed by atoms with Gasteiger partial charge in [-0.25, -0.2) is 4.79 Å². The maximum absolute atomic E-state index is 12.4. The predicted molar refractivity (Wildman–Crippen MR) is 115 cm³/mol. The van der Waals surface area contributed by atoms with Crippen LogP contribution in [0.25, 0.3) is 11.1 Å². The monoisotopic (exact) mass is 393 g/mol. The topological polar surface area (TPSA) is 47.6 Å². The average Bonchev–Trinajstić information content (AvgIpc) is 3.44. The average molecular weight is 394 g/mol. The minimum atomic E-state index is -0.287. The SMILES string of the molecule is COc1ccc(C(=O)OCC(C)C)cc1-c1ccc([C@H]2CC23CCNCC3)cc1. The van der Waals surface area contributed by atoms with Crippen molar-refractivity contribution in [1.82, 2.24) is 5.32 Å². The van der Waals surface area contributed by atoms with Crippen molar-refractivity contribution in [3.05, 3.63) is 53.6 Å². The summed E-state index contributed by atoms with van der Waals surface area (Å²) in [6.07, 6.45) is 3.88. The molecule has 1 aliphatic heterocycles. The number of ether oxygens (including phenoxy) is 2. The molecule has 0 amide bonds. The van der Waals surface area contributed by atoms with Gasteiger partial charge < -0.3 is 14.8 Å². The molecular formula is C25H31NO3. The van der Waals surface area contributed by atoms with Crippen LogP contribution in [0.1, 0.15) is 54.9 Å². The summed E-state index contributed by atoms with van der Waals surface area (Å²) in [5.41, 5.74) is 4.50. The zero-order valence-electron chi connectivity index (χ0n) is 17.7. The Hall–Kier alpha value is -2.33. The number of hydrogen-bond acceptors (Lipinski definition) is 4. The molecule has 29 heavy (non-hydrogen) atoms. The molecule has 4 rings (SSSR count). The molecule has 0 aromatic heterocycles. The van der Waals surface area contributed by atoms with Gasteiger partial charge in [0.25, 0.3) is 0 Å². The first-order chi connectivity index (χ1) is 14.0. The summed E-state index contributed by atoms with van der Waals surface area (Å²) in [6.45, 7) is 6.77. The summed E-state index contributed by atoms with van der Waals surface area (Å²) in [4.78, 5) is 12.4. The molecule has 1 saturated heterocycles. The van der Waals surface area contributed by atoms with E-state index in [0.29, 0.717) is 29.4 Å². The van der Waals surface area contributed by atoms with Crippen molar-refractivity contribution in [3.8, 4) is 16.9 Å². The zero-order valence-corrected chi connectivity index (χ0v) is 17.7. The van der Waals surface area contributed by atoms with E-state index in [1.165, 1.54) is 24.8 Å². The van der Waals surface area contributed by atoms with Crippen LogP contribution in [-0.4, -0.2) is 32.8 Å². The second-order valence-electron chi connectivity index (χ2n) is 8.90. The Morgan fingerprint density at radius 3 is 2.52 bits per heavy atom. The Kier molecular flexibility index (Phi) is 5.64. The lowest BCUT2D eigenvalue weighted by atomic mass is 9.89. The van der Waals surface area contributed by atoms with E-state index in [9.17, 15) is 4.79 Å². The van der Waals surface area contributed by atoms with Crippen LogP contribution in [0, 0.1) is 11.3 Å². The van der Waals surface area contributed by atoms with E-state index in [-0.39, 0.29) is 5.97 Å². The number of hydrogen-bond donors (Lipinski definition) is 1. The van der Waals surface area contributed by atoms with E-state index < -0.39 is 0 Å². The van der Waals surface area contributed by atoms with Crippen LogP contribution >= 0.6 is 0 Å². The fraction of sp³-hybridized carbons (Fsp3) is 0.480. The molecular weight excluding hydrogens is 362 g/mol. The highest BCUT2D eigenvalue weighted by molar-refractivity contribution is 5.92. The number of rotatable bonds is 6. The van der Waals surface area contributed by atoms with Crippen LogP contribution in [0.3, 0.4) is 0 Å². The summed E-state index contributed by atoms with van der Waals surface area (Å²) in [5.74, 6) is 1.48. The van der Waals surface area contributed by atoms with Crippen molar-refractivity contribution < 1.29 is 14.3 Å². The predicted octanol–water partition coefficient (Wildman–Crippen LogP) is 5.03. The van der Waals surface area contributed by atoms with Gasteiger partial charge in [0.05, 0.1) is 19.3 Å². The van der Waals surface area contributed by atoms with Gasteiger partial charge in [-0.05, 0) is 78.9 Å². The molecule has 1 N–H and O–H groups in total. The van der Waals surface area contributed by atoms with Gasteiger partial charge in [-0.3, -0.25) is 0 Å². The van der Waals surface area contributed by atoms with Gasteiger partial charge in [0.1, 0.15) is 5.75 Å². The number of carbonyl (C=O) groups excluding carboxylic acids is 1. The highest BCUT2D eigenvalue weighted by Crippen LogP contribution is 2.64. The minimum Gasteiger partial charge on any atom is -0.496 e. The third-order valence-electron chi connectivity index (χ3n) is 6.40. The van der Waals surface area contributed by atoms with Crippen LogP contribution in [0.2, 0.25) is 0 Å². The molecule has 1 spiro atoms. The lowest BCUT2D eigenvalue weighted by Crippen LogP contribution is -2.29. The van der Waals surface area contributed by atoms with Gasteiger partial charge in [-0.1, -0.05) is 38.1 Å². The lowest BCUT2D eigenvalue weighted by Gasteiger charge is -2.23. The number of nitrogens with one attached hydrogen (secondary N) is 1. The summed E-state index contributed by atoms with van der Waals surface area (Å²) < 4.78 is 10.9. The van der Waals surface area contributed by atoms with Gasteiger partial charge in [0.15, 0.2) is 0 Å². The molecule has 2 fully saturated rings. The molecule has 154 valence electrons. The van der Waals surface area contributed by atoms with E-state index in [2.05, 4.69) is 29.6 Å². The summed E-state index contributed by atoms with van der Waals surface area (Å²) in [5, 5.41) is 3.47. The highest BCUT2D eigenvalue weighted by atomic mass is 16.5. The second kappa shape index (κ2) is 8.19. The van der Waals surface area contributed by atoms with Crippen molar-refractivity contribution in [2.75, 3.05) is 26.8 Å². The van der Waals surface area contributed by atoms with Crippen molar-refractivity contribution in [2.45, 2.75) is 39.0 Å². The fourth-order valence-electron chi connectivity index (χ4n) is 4.58.